The van der Waals surface area contributed by atoms with Crippen molar-refractivity contribution in [1.29, 1.82) is 0 Å². The number of aryl methyl sites for hydroxylation is 2. The lowest BCUT2D eigenvalue weighted by molar-refractivity contribution is -0.115. The minimum absolute atomic E-state index is 0.246. The molecule has 1 aliphatic heterocycles. The Morgan fingerprint density at radius 2 is 2.13 bits per heavy atom. The number of carbonyl (C=O) groups excluding carboxylic acids is 2. The molecule has 0 atom stereocenters. The Bertz CT molecular complexity index is 472. The molecule has 1 fully saturated rings. The highest BCUT2D eigenvalue weighted by atomic mass is 16.2. The van der Waals surface area contributed by atoms with Crippen molar-refractivity contribution in [3.8, 4) is 0 Å². The van der Waals surface area contributed by atoms with E-state index in [0.717, 1.165) is 11.3 Å². The molecule has 6 heteroatoms. The Balaban J connectivity index is 2.34. The van der Waals surface area contributed by atoms with Crippen LogP contribution in [-0.2, 0) is 11.8 Å². The highest BCUT2D eigenvalue weighted by Gasteiger charge is 2.23. The third-order valence-electron chi connectivity index (χ3n) is 2.07. The first kappa shape index (κ1) is 9.45. The monoisotopic (exact) mass is 206 g/mol. The van der Waals surface area contributed by atoms with E-state index in [1.165, 1.54) is 0 Å². The van der Waals surface area contributed by atoms with Crippen LogP contribution in [0, 0.1) is 6.92 Å². The van der Waals surface area contributed by atoms with E-state index in [1.54, 1.807) is 24.0 Å². The van der Waals surface area contributed by atoms with E-state index in [9.17, 15) is 9.59 Å². The average Bonchev–Trinajstić information content (AvgIpc) is 2.58. The van der Waals surface area contributed by atoms with E-state index in [0.29, 0.717) is 0 Å². The Labute approximate surface area is 86.0 Å². The lowest BCUT2D eigenvalue weighted by atomic mass is 10.2. The molecular weight excluding hydrogens is 196 g/mol. The van der Waals surface area contributed by atoms with E-state index >= 15 is 0 Å². The van der Waals surface area contributed by atoms with Crippen molar-refractivity contribution in [3.05, 3.63) is 23.2 Å². The Morgan fingerprint density at radius 1 is 1.40 bits per heavy atom. The maximum absolute atomic E-state index is 11.2. The second kappa shape index (κ2) is 3.23. The van der Waals surface area contributed by atoms with Gasteiger partial charge in [-0.25, -0.2) is 4.79 Å². The Kier molecular flexibility index (Phi) is 2.03. The van der Waals surface area contributed by atoms with E-state index in [2.05, 4.69) is 15.7 Å². The fourth-order valence-electron chi connectivity index (χ4n) is 1.40. The maximum Gasteiger partial charge on any atom is 0.326 e. The van der Waals surface area contributed by atoms with Crippen LogP contribution >= 0.6 is 0 Å². The first-order valence-electron chi connectivity index (χ1n) is 4.40. The van der Waals surface area contributed by atoms with E-state index in [1.807, 2.05) is 6.92 Å². The molecule has 0 unspecified atom stereocenters. The van der Waals surface area contributed by atoms with Gasteiger partial charge in [-0.1, -0.05) is 0 Å². The quantitative estimate of drug-likeness (QED) is 0.498. The molecule has 1 aromatic heterocycles. The molecule has 2 heterocycles. The summed E-state index contributed by atoms with van der Waals surface area (Å²) in [6.07, 6.45) is 3.38. The van der Waals surface area contributed by atoms with Gasteiger partial charge in [0.2, 0.25) is 0 Å². The summed E-state index contributed by atoms with van der Waals surface area (Å²) < 4.78 is 1.65. The first-order valence-corrected chi connectivity index (χ1v) is 4.40. The molecular formula is C9H10N4O2. The molecule has 0 spiro atoms. The van der Waals surface area contributed by atoms with Gasteiger partial charge in [0.15, 0.2) is 0 Å². The van der Waals surface area contributed by atoms with Crippen LogP contribution in [0.2, 0.25) is 0 Å². The third-order valence-corrected chi connectivity index (χ3v) is 2.07. The molecule has 1 aromatic rings. The van der Waals surface area contributed by atoms with Gasteiger partial charge in [-0.2, -0.15) is 5.10 Å². The smallest absolute Gasteiger partial charge is 0.303 e. The summed E-state index contributed by atoms with van der Waals surface area (Å²) in [7, 11) is 1.79. The van der Waals surface area contributed by atoms with Crippen LogP contribution in [0.15, 0.2) is 11.9 Å². The van der Waals surface area contributed by atoms with Crippen molar-refractivity contribution < 1.29 is 9.59 Å². The molecule has 15 heavy (non-hydrogen) atoms. The molecule has 0 bridgehead atoms. The molecule has 0 radical (unpaired) electrons. The normalized spacial score (nSPS) is 18.1. The second-order valence-electron chi connectivity index (χ2n) is 3.31. The fraction of sp³-hybridized carbons (Fsp3) is 0.222. The van der Waals surface area contributed by atoms with Gasteiger partial charge >= 0.3 is 6.03 Å². The predicted octanol–water partition coefficient (Wildman–Crippen LogP) is -0.0912. The topological polar surface area (TPSA) is 76.0 Å². The SMILES string of the molecule is Cc1nn(C)cc1C=C1NC(=O)NC1=O. The van der Waals surface area contributed by atoms with Crippen LogP contribution in [-0.4, -0.2) is 21.7 Å². The number of rotatable bonds is 1. The molecule has 2 N–H and O–H groups in total. The zero-order valence-corrected chi connectivity index (χ0v) is 8.37. The largest absolute Gasteiger partial charge is 0.326 e. The van der Waals surface area contributed by atoms with Crippen LogP contribution < -0.4 is 10.6 Å². The number of nitrogens with one attached hydrogen (secondary N) is 2. The highest BCUT2D eigenvalue weighted by molar-refractivity contribution is 6.13. The number of aromatic nitrogens is 2. The van der Waals surface area contributed by atoms with Crippen molar-refractivity contribution in [3.63, 3.8) is 0 Å². The van der Waals surface area contributed by atoms with Crippen molar-refractivity contribution in [2.24, 2.45) is 7.05 Å². The first-order chi connectivity index (χ1) is 7.06. The number of nitrogens with zero attached hydrogens (tertiary/aromatic N) is 2. The number of hydrogen-bond donors (Lipinski definition) is 2. The zero-order valence-electron chi connectivity index (χ0n) is 8.37. The van der Waals surface area contributed by atoms with Crippen LogP contribution in [0.1, 0.15) is 11.3 Å². The van der Waals surface area contributed by atoms with Gasteiger partial charge in [0.1, 0.15) is 5.70 Å². The third kappa shape index (κ3) is 1.74. The summed E-state index contributed by atoms with van der Waals surface area (Å²) >= 11 is 0. The van der Waals surface area contributed by atoms with E-state index in [-0.39, 0.29) is 5.70 Å². The Hall–Kier alpha value is -2.11. The summed E-state index contributed by atoms with van der Waals surface area (Å²) in [4.78, 5) is 22.1. The molecule has 0 aliphatic carbocycles. The van der Waals surface area contributed by atoms with Gasteiger partial charge in [0.05, 0.1) is 5.69 Å². The number of imide groups is 1. The zero-order chi connectivity index (χ0) is 11.0. The fourth-order valence-corrected chi connectivity index (χ4v) is 1.40. The predicted molar refractivity (Wildman–Crippen MR) is 52.6 cm³/mol. The standard InChI is InChI=1S/C9H10N4O2/c1-5-6(4-13(2)12-5)3-7-8(14)11-9(15)10-7/h3-4H,1-2H3,(H2,10,11,14,15). The van der Waals surface area contributed by atoms with Crippen molar-refractivity contribution in [2.45, 2.75) is 6.92 Å². The van der Waals surface area contributed by atoms with Crippen LogP contribution in [0.3, 0.4) is 0 Å². The molecule has 2 rings (SSSR count). The van der Waals surface area contributed by atoms with Crippen molar-refractivity contribution in [2.75, 3.05) is 0 Å². The number of urea groups is 1. The van der Waals surface area contributed by atoms with Crippen molar-refractivity contribution >= 4 is 18.0 Å². The van der Waals surface area contributed by atoms with Crippen molar-refractivity contribution in [1.82, 2.24) is 20.4 Å². The number of amides is 3. The maximum atomic E-state index is 11.2. The van der Waals surface area contributed by atoms with E-state index < -0.39 is 11.9 Å². The van der Waals surface area contributed by atoms with Crippen LogP contribution in [0.25, 0.3) is 6.08 Å². The summed E-state index contributed by atoms with van der Waals surface area (Å²) in [6.45, 7) is 1.83. The van der Waals surface area contributed by atoms with Crippen LogP contribution in [0.4, 0.5) is 4.79 Å². The minimum Gasteiger partial charge on any atom is -0.303 e. The van der Waals surface area contributed by atoms with Gasteiger partial charge in [0, 0.05) is 18.8 Å². The average molecular weight is 206 g/mol. The van der Waals surface area contributed by atoms with Gasteiger partial charge in [-0.15, -0.1) is 0 Å². The minimum atomic E-state index is -0.493. The summed E-state index contributed by atoms with van der Waals surface area (Å²) in [5.41, 5.74) is 1.86. The molecule has 0 saturated carbocycles. The molecule has 1 saturated heterocycles. The molecule has 3 amide bonds. The summed E-state index contributed by atoms with van der Waals surface area (Å²) in [5, 5.41) is 8.67. The van der Waals surface area contributed by atoms with Gasteiger partial charge < -0.3 is 5.32 Å². The summed E-state index contributed by atoms with van der Waals surface area (Å²) in [5.74, 6) is -0.414. The van der Waals surface area contributed by atoms with Gasteiger partial charge in [-0.3, -0.25) is 14.8 Å². The number of hydrogen-bond acceptors (Lipinski definition) is 3. The molecule has 6 nitrogen and oxygen atoms in total. The molecule has 78 valence electrons. The lowest BCUT2D eigenvalue weighted by Crippen LogP contribution is -2.22. The lowest BCUT2D eigenvalue weighted by Gasteiger charge is -1.92. The number of carbonyl (C=O) groups is 2. The summed E-state index contributed by atoms with van der Waals surface area (Å²) in [6, 6.07) is -0.493. The van der Waals surface area contributed by atoms with Gasteiger partial charge in [0.25, 0.3) is 5.91 Å². The molecule has 0 aromatic carbocycles. The van der Waals surface area contributed by atoms with Gasteiger partial charge in [-0.05, 0) is 13.0 Å². The van der Waals surface area contributed by atoms with Crippen LogP contribution in [0.5, 0.6) is 0 Å². The van der Waals surface area contributed by atoms with E-state index in [4.69, 9.17) is 0 Å². The Morgan fingerprint density at radius 3 is 2.60 bits per heavy atom. The molecule has 1 aliphatic rings. The highest BCUT2D eigenvalue weighted by Crippen LogP contribution is 2.10. The second-order valence-corrected chi connectivity index (χ2v) is 3.31.